The quantitative estimate of drug-likeness (QED) is 0.616. The van der Waals surface area contributed by atoms with E-state index in [1.54, 1.807) is 12.1 Å². The summed E-state index contributed by atoms with van der Waals surface area (Å²) in [4.78, 5) is 15.9. The van der Waals surface area contributed by atoms with E-state index in [0.717, 1.165) is 11.8 Å². The lowest BCUT2D eigenvalue weighted by Crippen LogP contribution is -2.42. The van der Waals surface area contributed by atoms with Crippen LogP contribution in [0.1, 0.15) is 18.4 Å². The Hall–Kier alpha value is -1.18. The second-order valence-corrected chi connectivity index (χ2v) is 7.42. The number of rotatable bonds is 4. The van der Waals surface area contributed by atoms with Crippen LogP contribution in [0.2, 0.25) is 5.15 Å². The molecule has 0 saturated carbocycles. The number of aromatic nitrogens is 1. The fourth-order valence-electron chi connectivity index (χ4n) is 2.24. The maximum absolute atomic E-state index is 12.0. The van der Waals surface area contributed by atoms with E-state index in [4.69, 9.17) is 16.3 Å². The number of ether oxygens (including phenoxy) is 1. The second-order valence-electron chi connectivity index (χ2n) is 5.05. The molecule has 0 amide bonds. The van der Waals surface area contributed by atoms with Gasteiger partial charge in [0.1, 0.15) is 11.8 Å². The van der Waals surface area contributed by atoms with E-state index < -0.39 is 15.9 Å². The van der Waals surface area contributed by atoms with E-state index >= 15 is 0 Å². The minimum absolute atomic E-state index is 0.108. The molecule has 1 aromatic heterocycles. The van der Waals surface area contributed by atoms with E-state index in [1.807, 2.05) is 0 Å². The van der Waals surface area contributed by atoms with E-state index in [-0.39, 0.29) is 19.1 Å². The number of hydrogen-bond acceptors (Lipinski definition) is 5. The van der Waals surface area contributed by atoms with Gasteiger partial charge in [-0.1, -0.05) is 11.6 Å². The van der Waals surface area contributed by atoms with Crippen LogP contribution in [0.4, 0.5) is 0 Å². The molecule has 2 rings (SSSR count). The number of esters is 1. The molecule has 0 aliphatic carbocycles. The number of nitrogens with zero attached hydrogens (tertiary/aromatic N) is 2. The van der Waals surface area contributed by atoms with Gasteiger partial charge in [-0.3, -0.25) is 4.79 Å². The number of pyridine rings is 1. The predicted molar refractivity (Wildman–Crippen MR) is 78.2 cm³/mol. The van der Waals surface area contributed by atoms with Crippen molar-refractivity contribution in [2.75, 3.05) is 19.3 Å². The lowest BCUT2D eigenvalue weighted by molar-refractivity contribution is -0.151. The Bertz CT molecular complexity index is 620. The fourth-order valence-corrected chi connectivity index (χ4v) is 3.35. The monoisotopic (exact) mass is 332 g/mol. The summed E-state index contributed by atoms with van der Waals surface area (Å²) in [7, 11) is -3.27. The van der Waals surface area contributed by atoms with Crippen LogP contribution in [0.3, 0.4) is 0 Å². The normalized spacial score (nSPS) is 20.2. The number of piperidine rings is 1. The number of carbonyl (C=O) groups is 1. The molecule has 1 aromatic rings. The zero-order chi connectivity index (χ0) is 15.5. The van der Waals surface area contributed by atoms with Gasteiger partial charge in [0.2, 0.25) is 10.0 Å². The van der Waals surface area contributed by atoms with Crippen molar-refractivity contribution in [3.05, 3.63) is 29.0 Å². The highest BCUT2D eigenvalue weighted by Gasteiger charge is 2.31. The first kappa shape index (κ1) is 16.2. The lowest BCUT2D eigenvalue weighted by atomic mass is 10.00. The van der Waals surface area contributed by atoms with Gasteiger partial charge in [-0.05, 0) is 30.5 Å². The highest BCUT2D eigenvalue weighted by molar-refractivity contribution is 7.88. The molecule has 6 nitrogen and oxygen atoms in total. The number of carbonyl (C=O) groups excluding carboxylic acids is 1. The number of hydrogen-bond donors (Lipinski definition) is 0. The summed E-state index contributed by atoms with van der Waals surface area (Å²) < 4.78 is 29.6. The summed E-state index contributed by atoms with van der Waals surface area (Å²) in [6, 6.07) is 3.33. The van der Waals surface area contributed by atoms with Crippen LogP contribution < -0.4 is 0 Å². The molecule has 116 valence electrons. The molecule has 8 heteroatoms. The van der Waals surface area contributed by atoms with Crippen LogP contribution in [-0.2, 0) is 26.2 Å². The standard InChI is InChI=1S/C13H17ClN2O4S/c1-21(18,19)16-6-2-3-11(8-16)13(17)20-9-10-4-5-15-12(14)7-10/h4-5,7,11H,2-3,6,8-9H2,1H3. The van der Waals surface area contributed by atoms with Gasteiger partial charge in [-0.25, -0.2) is 17.7 Å². The topological polar surface area (TPSA) is 76.6 Å². The minimum Gasteiger partial charge on any atom is -0.461 e. The molecule has 21 heavy (non-hydrogen) atoms. The Morgan fingerprint density at radius 2 is 2.33 bits per heavy atom. The zero-order valence-corrected chi connectivity index (χ0v) is 13.2. The summed E-state index contributed by atoms with van der Waals surface area (Å²) >= 11 is 5.75. The summed E-state index contributed by atoms with van der Waals surface area (Å²) in [5.41, 5.74) is 0.749. The molecule has 1 fully saturated rings. The molecule has 0 spiro atoms. The van der Waals surface area contributed by atoms with Gasteiger partial charge in [0.15, 0.2) is 0 Å². The van der Waals surface area contributed by atoms with Crippen molar-refractivity contribution in [3.63, 3.8) is 0 Å². The molecule has 1 aliphatic heterocycles. The molecule has 0 aromatic carbocycles. The van der Waals surface area contributed by atoms with Gasteiger partial charge in [0.25, 0.3) is 0 Å². The van der Waals surface area contributed by atoms with Gasteiger partial charge < -0.3 is 4.74 Å². The second kappa shape index (κ2) is 6.72. The maximum atomic E-state index is 12.0. The molecule has 2 heterocycles. The SMILES string of the molecule is CS(=O)(=O)N1CCCC(C(=O)OCc2ccnc(Cl)c2)C1. The summed E-state index contributed by atoms with van der Waals surface area (Å²) in [5, 5.41) is 0.337. The number of sulfonamides is 1. The minimum atomic E-state index is -3.27. The van der Waals surface area contributed by atoms with Crippen LogP contribution in [0, 0.1) is 5.92 Å². The van der Waals surface area contributed by atoms with E-state index in [2.05, 4.69) is 4.98 Å². The lowest BCUT2D eigenvalue weighted by Gasteiger charge is -2.29. The van der Waals surface area contributed by atoms with Gasteiger partial charge in [-0.2, -0.15) is 0 Å². The molecule has 1 saturated heterocycles. The van der Waals surface area contributed by atoms with Crippen molar-refractivity contribution in [2.45, 2.75) is 19.4 Å². The molecule has 0 bridgehead atoms. The van der Waals surface area contributed by atoms with Crippen molar-refractivity contribution in [1.82, 2.24) is 9.29 Å². The maximum Gasteiger partial charge on any atom is 0.310 e. The van der Waals surface area contributed by atoms with Crippen molar-refractivity contribution in [2.24, 2.45) is 5.92 Å². The van der Waals surface area contributed by atoms with Gasteiger partial charge in [0.05, 0.1) is 12.2 Å². The average molecular weight is 333 g/mol. The number of halogens is 1. The third-order valence-corrected chi connectivity index (χ3v) is 4.83. The summed E-state index contributed by atoms with van der Waals surface area (Å²) in [6.07, 6.45) is 3.99. The van der Waals surface area contributed by atoms with Crippen LogP contribution in [0.25, 0.3) is 0 Å². The first-order valence-corrected chi connectivity index (χ1v) is 8.81. The van der Waals surface area contributed by atoms with Gasteiger partial charge >= 0.3 is 5.97 Å². The molecule has 1 unspecified atom stereocenters. The highest BCUT2D eigenvalue weighted by atomic mass is 35.5. The highest BCUT2D eigenvalue weighted by Crippen LogP contribution is 2.20. The van der Waals surface area contributed by atoms with Crippen LogP contribution in [-0.4, -0.2) is 43.0 Å². The Kier molecular flexibility index (Phi) is 5.18. The van der Waals surface area contributed by atoms with Crippen molar-refractivity contribution in [3.8, 4) is 0 Å². The third-order valence-electron chi connectivity index (χ3n) is 3.36. The Labute approximate surface area is 129 Å². The summed E-state index contributed by atoms with van der Waals surface area (Å²) in [6.45, 7) is 0.758. The molecule has 0 N–H and O–H groups in total. The first-order valence-electron chi connectivity index (χ1n) is 6.58. The average Bonchev–Trinajstić information content (AvgIpc) is 2.44. The fraction of sp³-hybridized carbons (Fsp3) is 0.538. The Morgan fingerprint density at radius 3 is 3.00 bits per heavy atom. The summed E-state index contributed by atoms with van der Waals surface area (Å²) in [5.74, 6) is -0.790. The largest absolute Gasteiger partial charge is 0.461 e. The van der Waals surface area contributed by atoms with E-state index in [9.17, 15) is 13.2 Å². The van der Waals surface area contributed by atoms with Gasteiger partial charge in [-0.15, -0.1) is 0 Å². The van der Waals surface area contributed by atoms with Crippen LogP contribution in [0.5, 0.6) is 0 Å². The smallest absolute Gasteiger partial charge is 0.310 e. The predicted octanol–water partition coefficient (Wildman–Crippen LogP) is 1.45. The van der Waals surface area contributed by atoms with Crippen LogP contribution in [0.15, 0.2) is 18.3 Å². The molecule has 0 radical (unpaired) electrons. The van der Waals surface area contributed by atoms with E-state index in [0.29, 0.717) is 24.5 Å². The van der Waals surface area contributed by atoms with Crippen molar-refractivity contribution >= 4 is 27.6 Å². The third kappa shape index (κ3) is 4.66. The molecule has 1 aliphatic rings. The van der Waals surface area contributed by atoms with Gasteiger partial charge in [0, 0.05) is 19.3 Å². The zero-order valence-electron chi connectivity index (χ0n) is 11.7. The first-order chi connectivity index (χ1) is 9.86. The van der Waals surface area contributed by atoms with Crippen molar-refractivity contribution in [1.29, 1.82) is 0 Å². The van der Waals surface area contributed by atoms with E-state index in [1.165, 1.54) is 10.5 Å². The molecular formula is C13H17ClN2O4S. The Balaban J connectivity index is 1.91. The van der Waals surface area contributed by atoms with Crippen molar-refractivity contribution < 1.29 is 17.9 Å². The van der Waals surface area contributed by atoms with Crippen LogP contribution >= 0.6 is 11.6 Å². The Morgan fingerprint density at radius 1 is 1.57 bits per heavy atom. The molecular weight excluding hydrogens is 316 g/mol. The molecule has 1 atom stereocenters.